The van der Waals surface area contributed by atoms with E-state index in [0.717, 1.165) is 21.2 Å². The average molecular weight is 341 g/mol. The van der Waals surface area contributed by atoms with Gasteiger partial charge in [-0.25, -0.2) is 0 Å². The van der Waals surface area contributed by atoms with Crippen LogP contribution in [-0.2, 0) is 0 Å². The Balaban J connectivity index is 2.38. The van der Waals surface area contributed by atoms with Crippen LogP contribution in [0.2, 0.25) is 5.02 Å². The van der Waals surface area contributed by atoms with Gasteiger partial charge in [-0.1, -0.05) is 27.5 Å². The van der Waals surface area contributed by atoms with E-state index >= 15 is 0 Å². The number of aromatic nitrogens is 3. The molecule has 3 aromatic rings. The summed E-state index contributed by atoms with van der Waals surface area (Å²) in [5, 5.41) is 0.637. The summed E-state index contributed by atoms with van der Waals surface area (Å²) in [5.41, 5.74) is 2.70. The van der Waals surface area contributed by atoms with Crippen LogP contribution in [0.25, 0.3) is 16.7 Å². The zero-order chi connectivity index (χ0) is 12.7. The van der Waals surface area contributed by atoms with Gasteiger partial charge in [0.05, 0.1) is 27.9 Å². The van der Waals surface area contributed by atoms with E-state index in [9.17, 15) is 0 Å². The predicted molar refractivity (Wildman–Crippen MR) is 79.0 cm³/mol. The van der Waals surface area contributed by atoms with E-state index in [4.69, 9.17) is 23.8 Å². The van der Waals surface area contributed by atoms with Crippen LogP contribution in [0.15, 0.2) is 41.1 Å². The third kappa shape index (κ3) is 1.88. The molecule has 0 saturated heterocycles. The molecule has 0 bridgehead atoms. The molecular formula is C12H7BrClN3S. The van der Waals surface area contributed by atoms with Crippen molar-refractivity contribution in [3.05, 3.63) is 50.9 Å². The first-order valence-corrected chi connectivity index (χ1v) is 6.75. The molecule has 6 heteroatoms. The molecule has 0 atom stereocenters. The number of imidazole rings is 1. The number of rotatable bonds is 1. The van der Waals surface area contributed by atoms with Gasteiger partial charge in [0.2, 0.25) is 0 Å². The number of nitrogens with zero attached hydrogens (tertiary/aromatic N) is 2. The third-order valence-corrected chi connectivity index (χ3v) is 3.71. The zero-order valence-corrected chi connectivity index (χ0v) is 12.2. The summed E-state index contributed by atoms with van der Waals surface area (Å²) in [6.07, 6.45) is 3.47. The summed E-state index contributed by atoms with van der Waals surface area (Å²) in [7, 11) is 0. The SMILES string of the molecule is S=c1[nH]c2cnccc2n1-c1ccc(Br)cc1Cl. The fourth-order valence-corrected chi connectivity index (χ4v) is 2.93. The second-order valence-electron chi connectivity index (χ2n) is 3.75. The second-order valence-corrected chi connectivity index (χ2v) is 5.46. The van der Waals surface area contributed by atoms with Crippen LogP contribution in [0, 0.1) is 4.77 Å². The Hall–Kier alpha value is -1.17. The summed E-state index contributed by atoms with van der Waals surface area (Å²) >= 11 is 15.0. The minimum atomic E-state index is 0.599. The lowest BCUT2D eigenvalue weighted by atomic mass is 10.3. The molecule has 0 aliphatic carbocycles. The molecule has 3 rings (SSSR count). The Kier molecular flexibility index (Phi) is 2.97. The Labute approximate surface area is 122 Å². The van der Waals surface area contributed by atoms with Gasteiger partial charge in [0.25, 0.3) is 0 Å². The van der Waals surface area contributed by atoms with Crippen molar-refractivity contribution >= 4 is 50.8 Å². The molecule has 2 heterocycles. The molecule has 0 unspecified atom stereocenters. The van der Waals surface area contributed by atoms with Crippen molar-refractivity contribution in [2.75, 3.05) is 0 Å². The number of hydrogen-bond donors (Lipinski definition) is 1. The predicted octanol–water partition coefficient (Wildman–Crippen LogP) is 4.50. The van der Waals surface area contributed by atoms with Crippen LogP contribution in [-0.4, -0.2) is 14.5 Å². The molecule has 0 saturated carbocycles. The second kappa shape index (κ2) is 4.50. The number of H-pyrrole nitrogens is 1. The first-order chi connectivity index (χ1) is 8.66. The standard InChI is InChI=1S/C12H7BrClN3S/c13-7-1-2-10(8(14)5-7)17-11-3-4-15-6-9(11)16-12(17)18/h1-6H,(H,16,18). The number of benzene rings is 1. The Morgan fingerprint density at radius 2 is 2.17 bits per heavy atom. The van der Waals surface area contributed by atoms with Crippen molar-refractivity contribution in [3.8, 4) is 5.69 Å². The summed E-state index contributed by atoms with van der Waals surface area (Å²) in [6, 6.07) is 7.61. The summed E-state index contributed by atoms with van der Waals surface area (Å²) in [6.45, 7) is 0. The van der Waals surface area contributed by atoms with Crippen molar-refractivity contribution in [3.63, 3.8) is 0 Å². The Morgan fingerprint density at radius 3 is 2.94 bits per heavy atom. The number of aromatic amines is 1. The van der Waals surface area contributed by atoms with Crippen LogP contribution in [0.4, 0.5) is 0 Å². The topological polar surface area (TPSA) is 33.6 Å². The van der Waals surface area contributed by atoms with Gasteiger partial charge in [0, 0.05) is 10.7 Å². The molecule has 0 amide bonds. The largest absolute Gasteiger partial charge is 0.329 e. The van der Waals surface area contributed by atoms with E-state index in [0.29, 0.717) is 9.79 Å². The third-order valence-electron chi connectivity index (χ3n) is 2.63. The Bertz CT molecular complexity index is 793. The van der Waals surface area contributed by atoms with Crippen molar-refractivity contribution < 1.29 is 0 Å². The Morgan fingerprint density at radius 1 is 1.33 bits per heavy atom. The van der Waals surface area contributed by atoms with Gasteiger partial charge in [0.1, 0.15) is 0 Å². The normalized spacial score (nSPS) is 11.0. The number of pyridine rings is 1. The van der Waals surface area contributed by atoms with E-state index in [1.807, 2.05) is 28.8 Å². The molecule has 1 N–H and O–H groups in total. The highest BCUT2D eigenvalue weighted by Crippen LogP contribution is 2.27. The average Bonchev–Trinajstić information content (AvgIpc) is 2.66. The summed E-state index contributed by atoms with van der Waals surface area (Å²) in [4.78, 5) is 7.18. The summed E-state index contributed by atoms with van der Waals surface area (Å²) in [5.74, 6) is 0. The highest BCUT2D eigenvalue weighted by molar-refractivity contribution is 9.10. The monoisotopic (exact) mass is 339 g/mol. The van der Waals surface area contributed by atoms with Crippen LogP contribution >= 0.6 is 39.7 Å². The number of hydrogen-bond acceptors (Lipinski definition) is 2. The molecule has 0 aliphatic heterocycles. The van der Waals surface area contributed by atoms with Crippen LogP contribution < -0.4 is 0 Å². The number of nitrogens with one attached hydrogen (secondary N) is 1. The highest BCUT2D eigenvalue weighted by Gasteiger charge is 2.09. The minimum Gasteiger partial charge on any atom is -0.329 e. The molecule has 90 valence electrons. The maximum Gasteiger partial charge on any atom is 0.182 e. The van der Waals surface area contributed by atoms with Crippen LogP contribution in [0.5, 0.6) is 0 Å². The zero-order valence-electron chi connectivity index (χ0n) is 9.02. The molecule has 0 radical (unpaired) electrons. The lowest BCUT2D eigenvalue weighted by Crippen LogP contribution is -1.95. The smallest absolute Gasteiger partial charge is 0.182 e. The van der Waals surface area contributed by atoms with Crippen molar-refractivity contribution in [1.29, 1.82) is 0 Å². The number of fused-ring (bicyclic) bond motifs is 1. The van der Waals surface area contributed by atoms with E-state index < -0.39 is 0 Å². The fourth-order valence-electron chi connectivity index (χ4n) is 1.86. The quantitative estimate of drug-likeness (QED) is 0.662. The maximum atomic E-state index is 6.27. The van der Waals surface area contributed by atoms with Gasteiger partial charge in [-0.15, -0.1) is 0 Å². The lowest BCUT2D eigenvalue weighted by molar-refractivity contribution is 1.06. The van der Waals surface area contributed by atoms with E-state index in [-0.39, 0.29) is 0 Å². The van der Waals surface area contributed by atoms with Gasteiger partial charge in [-0.05, 0) is 36.5 Å². The van der Waals surface area contributed by atoms with Gasteiger partial charge in [-0.3, -0.25) is 9.55 Å². The first-order valence-electron chi connectivity index (χ1n) is 5.17. The lowest BCUT2D eigenvalue weighted by Gasteiger charge is -2.07. The summed E-state index contributed by atoms with van der Waals surface area (Å²) < 4.78 is 3.44. The van der Waals surface area contributed by atoms with E-state index in [1.165, 1.54) is 0 Å². The molecule has 1 aromatic carbocycles. The van der Waals surface area contributed by atoms with Gasteiger partial charge in [0.15, 0.2) is 4.77 Å². The molecule has 0 fully saturated rings. The minimum absolute atomic E-state index is 0.599. The van der Waals surface area contributed by atoms with Gasteiger partial charge in [-0.2, -0.15) is 0 Å². The molecule has 3 nitrogen and oxygen atoms in total. The molecule has 0 spiro atoms. The van der Waals surface area contributed by atoms with Crippen LogP contribution in [0.1, 0.15) is 0 Å². The maximum absolute atomic E-state index is 6.27. The van der Waals surface area contributed by atoms with Crippen molar-refractivity contribution in [1.82, 2.24) is 14.5 Å². The van der Waals surface area contributed by atoms with E-state index in [2.05, 4.69) is 25.9 Å². The highest BCUT2D eigenvalue weighted by atomic mass is 79.9. The molecule has 0 aliphatic rings. The molecule has 18 heavy (non-hydrogen) atoms. The van der Waals surface area contributed by atoms with Crippen molar-refractivity contribution in [2.24, 2.45) is 0 Å². The molecule has 2 aromatic heterocycles. The fraction of sp³-hybridized carbons (Fsp3) is 0. The van der Waals surface area contributed by atoms with Gasteiger partial charge < -0.3 is 4.98 Å². The molecular weight excluding hydrogens is 334 g/mol. The van der Waals surface area contributed by atoms with Crippen LogP contribution in [0.3, 0.4) is 0 Å². The number of halogens is 2. The first kappa shape index (κ1) is 11.9. The van der Waals surface area contributed by atoms with Crippen molar-refractivity contribution in [2.45, 2.75) is 0 Å². The van der Waals surface area contributed by atoms with Gasteiger partial charge >= 0.3 is 0 Å². The van der Waals surface area contributed by atoms with E-state index in [1.54, 1.807) is 12.4 Å².